The van der Waals surface area contributed by atoms with Gasteiger partial charge in [0.2, 0.25) is 0 Å². The third-order valence-electron chi connectivity index (χ3n) is 3.30. The van der Waals surface area contributed by atoms with Crippen molar-refractivity contribution in [3.05, 3.63) is 71.3 Å². The van der Waals surface area contributed by atoms with Crippen LogP contribution in [0.2, 0.25) is 0 Å². The molecule has 0 spiro atoms. The summed E-state index contributed by atoms with van der Waals surface area (Å²) in [5.41, 5.74) is 3.65. The lowest BCUT2D eigenvalue weighted by atomic mass is 10.1. The zero-order chi connectivity index (χ0) is 13.8. The first kappa shape index (κ1) is 12.5. The van der Waals surface area contributed by atoms with Crippen LogP contribution in [0.25, 0.3) is 12.2 Å². The summed E-state index contributed by atoms with van der Waals surface area (Å²) in [7, 11) is 0. The molecule has 0 radical (unpaired) electrons. The zero-order valence-corrected chi connectivity index (χ0v) is 11.0. The third-order valence-corrected chi connectivity index (χ3v) is 3.30. The van der Waals surface area contributed by atoms with E-state index in [0.717, 1.165) is 35.1 Å². The molecular formula is C17H14N2O. The van der Waals surface area contributed by atoms with E-state index in [1.807, 2.05) is 36.4 Å². The van der Waals surface area contributed by atoms with Crippen LogP contribution in [0.5, 0.6) is 0 Å². The van der Waals surface area contributed by atoms with E-state index >= 15 is 0 Å². The highest BCUT2D eigenvalue weighted by atomic mass is 16.1. The SMILES string of the molecule is O=C1C(=Cc2cccnc2)CCC1=Cc1cccnc1. The molecule has 1 fully saturated rings. The highest BCUT2D eigenvalue weighted by molar-refractivity contribution is 6.15. The van der Waals surface area contributed by atoms with Crippen molar-refractivity contribution in [3.63, 3.8) is 0 Å². The minimum absolute atomic E-state index is 0.137. The van der Waals surface area contributed by atoms with Crippen molar-refractivity contribution >= 4 is 17.9 Å². The lowest BCUT2D eigenvalue weighted by Crippen LogP contribution is -1.95. The van der Waals surface area contributed by atoms with E-state index < -0.39 is 0 Å². The number of carbonyl (C=O) groups is 1. The topological polar surface area (TPSA) is 42.9 Å². The summed E-state index contributed by atoms with van der Waals surface area (Å²) in [4.78, 5) is 20.5. The number of allylic oxidation sites excluding steroid dienone is 2. The summed E-state index contributed by atoms with van der Waals surface area (Å²) < 4.78 is 0. The molecule has 2 aromatic heterocycles. The van der Waals surface area contributed by atoms with Crippen LogP contribution in [0.15, 0.2) is 60.2 Å². The number of ketones is 1. The molecule has 3 nitrogen and oxygen atoms in total. The summed E-state index contributed by atoms with van der Waals surface area (Å²) >= 11 is 0. The molecule has 1 saturated carbocycles. The van der Waals surface area contributed by atoms with Crippen LogP contribution in [0.1, 0.15) is 24.0 Å². The van der Waals surface area contributed by atoms with Gasteiger partial charge in [0.15, 0.2) is 5.78 Å². The van der Waals surface area contributed by atoms with Gasteiger partial charge in [0.25, 0.3) is 0 Å². The third kappa shape index (κ3) is 2.72. The molecule has 0 saturated heterocycles. The van der Waals surface area contributed by atoms with Crippen molar-refractivity contribution in [1.29, 1.82) is 0 Å². The predicted octanol–water partition coefficient (Wildman–Crippen LogP) is 3.31. The van der Waals surface area contributed by atoms with Crippen molar-refractivity contribution < 1.29 is 4.79 Å². The van der Waals surface area contributed by atoms with Gasteiger partial charge in [-0.3, -0.25) is 14.8 Å². The van der Waals surface area contributed by atoms with Crippen LogP contribution in [0.4, 0.5) is 0 Å². The van der Waals surface area contributed by atoms with E-state index in [2.05, 4.69) is 9.97 Å². The number of hydrogen-bond donors (Lipinski definition) is 0. The van der Waals surface area contributed by atoms with Gasteiger partial charge in [-0.2, -0.15) is 0 Å². The summed E-state index contributed by atoms with van der Waals surface area (Å²) in [6.45, 7) is 0. The van der Waals surface area contributed by atoms with Crippen molar-refractivity contribution in [2.45, 2.75) is 12.8 Å². The Balaban J connectivity index is 1.85. The molecule has 2 heterocycles. The fourth-order valence-corrected chi connectivity index (χ4v) is 2.30. The maximum absolute atomic E-state index is 12.3. The molecule has 0 aliphatic heterocycles. The van der Waals surface area contributed by atoms with Crippen molar-refractivity contribution in [2.24, 2.45) is 0 Å². The molecule has 98 valence electrons. The molecule has 0 amide bonds. The average Bonchev–Trinajstić information content (AvgIpc) is 2.83. The van der Waals surface area contributed by atoms with Gasteiger partial charge in [-0.05, 0) is 48.3 Å². The standard InChI is InChI=1S/C17H14N2O/c20-17-15(9-13-3-1-7-18-11-13)5-6-16(17)10-14-4-2-8-19-12-14/h1-4,7-12H,5-6H2. The van der Waals surface area contributed by atoms with Crippen LogP contribution < -0.4 is 0 Å². The number of Topliss-reactive ketones (excluding diaryl/α,β-unsaturated/α-hetero) is 1. The second-order valence-electron chi connectivity index (χ2n) is 4.74. The van der Waals surface area contributed by atoms with Crippen LogP contribution in [0.3, 0.4) is 0 Å². The van der Waals surface area contributed by atoms with Gasteiger partial charge >= 0.3 is 0 Å². The Morgan fingerprint density at radius 3 is 1.75 bits per heavy atom. The average molecular weight is 262 g/mol. The number of pyridine rings is 2. The maximum atomic E-state index is 12.3. The summed E-state index contributed by atoms with van der Waals surface area (Å²) in [5.74, 6) is 0.137. The second kappa shape index (κ2) is 5.61. The smallest absolute Gasteiger partial charge is 0.185 e. The fraction of sp³-hybridized carbons (Fsp3) is 0.118. The van der Waals surface area contributed by atoms with Crippen molar-refractivity contribution in [1.82, 2.24) is 9.97 Å². The van der Waals surface area contributed by atoms with Gasteiger partial charge in [0.1, 0.15) is 0 Å². The van der Waals surface area contributed by atoms with Gasteiger partial charge in [0, 0.05) is 35.9 Å². The highest BCUT2D eigenvalue weighted by Crippen LogP contribution is 2.29. The van der Waals surface area contributed by atoms with Crippen molar-refractivity contribution in [3.8, 4) is 0 Å². The quantitative estimate of drug-likeness (QED) is 0.780. The second-order valence-corrected chi connectivity index (χ2v) is 4.74. The Hall–Kier alpha value is -2.55. The van der Waals surface area contributed by atoms with Gasteiger partial charge in [-0.25, -0.2) is 0 Å². The molecule has 0 atom stereocenters. The molecular weight excluding hydrogens is 248 g/mol. The highest BCUT2D eigenvalue weighted by Gasteiger charge is 2.22. The van der Waals surface area contributed by atoms with Crippen LogP contribution in [0, 0.1) is 0 Å². The minimum Gasteiger partial charge on any atom is -0.289 e. The van der Waals surface area contributed by atoms with E-state index in [1.54, 1.807) is 24.8 Å². The Morgan fingerprint density at radius 1 is 0.850 bits per heavy atom. The van der Waals surface area contributed by atoms with E-state index in [4.69, 9.17) is 0 Å². The molecule has 3 heteroatoms. The molecule has 0 unspecified atom stereocenters. The lowest BCUT2D eigenvalue weighted by molar-refractivity contribution is -0.111. The van der Waals surface area contributed by atoms with Crippen molar-refractivity contribution in [2.75, 3.05) is 0 Å². The molecule has 1 aliphatic rings. The predicted molar refractivity (Wildman–Crippen MR) is 78.7 cm³/mol. The largest absolute Gasteiger partial charge is 0.289 e. The number of rotatable bonds is 2. The number of carbonyl (C=O) groups excluding carboxylic acids is 1. The molecule has 0 aromatic carbocycles. The summed E-state index contributed by atoms with van der Waals surface area (Å²) in [6, 6.07) is 7.66. The number of aromatic nitrogens is 2. The minimum atomic E-state index is 0.137. The Morgan fingerprint density at radius 2 is 1.35 bits per heavy atom. The monoisotopic (exact) mass is 262 g/mol. The first-order valence-corrected chi connectivity index (χ1v) is 6.59. The van der Waals surface area contributed by atoms with E-state index in [-0.39, 0.29) is 5.78 Å². The summed E-state index contributed by atoms with van der Waals surface area (Å²) in [5, 5.41) is 0. The van der Waals surface area contributed by atoms with Gasteiger partial charge in [0.05, 0.1) is 0 Å². The molecule has 20 heavy (non-hydrogen) atoms. The van der Waals surface area contributed by atoms with Gasteiger partial charge < -0.3 is 0 Å². The first-order chi connectivity index (χ1) is 9.83. The Bertz CT molecular complexity index is 613. The van der Waals surface area contributed by atoms with Crippen LogP contribution in [-0.2, 0) is 4.79 Å². The van der Waals surface area contributed by atoms with Crippen LogP contribution >= 0.6 is 0 Å². The van der Waals surface area contributed by atoms with Gasteiger partial charge in [-0.15, -0.1) is 0 Å². The van der Waals surface area contributed by atoms with E-state index in [0.29, 0.717) is 0 Å². The molecule has 0 bridgehead atoms. The maximum Gasteiger partial charge on any atom is 0.185 e. The summed E-state index contributed by atoms with van der Waals surface area (Å²) in [6.07, 6.45) is 12.4. The molecule has 3 rings (SSSR count). The van der Waals surface area contributed by atoms with E-state index in [9.17, 15) is 4.79 Å². The normalized spacial score (nSPS) is 18.9. The first-order valence-electron chi connectivity index (χ1n) is 6.59. The lowest BCUT2D eigenvalue weighted by Gasteiger charge is -1.97. The zero-order valence-electron chi connectivity index (χ0n) is 11.0. The van der Waals surface area contributed by atoms with Gasteiger partial charge in [-0.1, -0.05) is 12.1 Å². The Labute approximate surface area is 117 Å². The van der Waals surface area contributed by atoms with E-state index in [1.165, 1.54) is 0 Å². The molecule has 0 N–H and O–H groups in total. The van der Waals surface area contributed by atoms with Crippen LogP contribution in [-0.4, -0.2) is 15.8 Å². The molecule has 2 aromatic rings. The number of nitrogens with zero attached hydrogens (tertiary/aromatic N) is 2. The number of hydrogen-bond acceptors (Lipinski definition) is 3. The Kier molecular flexibility index (Phi) is 3.50. The fourth-order valence-electron chi connectivity index (χ4n) is 2.30. The molecule has 1 aliphatic carbocycles.